The van der Waals surface area contributed by atoms with Crippen molar-refractivity contribution in [2.45, 2.75) is 13.5 Å². The lowest BCUT2D eigenvalue weighted by Gasteiger charge is -2.15. The average Bonchev–Trinajstić information content (AvgIpc) is 3.01. The molecule has 0 saturated carbocycles. The lowest BCUT2D eigenvalue weighted by atomic mass is 9.94. The number of aliphatic imine (C=N–C) groups is 1. The first-order valence-electron chi connectivity index (χ1n) is 10.9. The number of anilines is 2. The number of aryl methyl sites for hydroxylation is 1. The molecule has 0 saturated heterocycles. The third kappa shape index (κ3) is 4.31. The van der Waals surface area contributed by atoms with Crippen LogP contribution < -0.4 is 14.8 Å². The summed E-state index contributed by atoms with van der Waals surface area (Å²) in [5.74, 6) is 1.29. The second kappa shape index (κ2) is 9.35. The van der Waals surface area contributed by atoms with Crippen LogP contribution in [0.15, 0.2) is 65.7 Å². The molecule has 0 atom stereocenters. The molecule has 2 heterocycles. The van der Waals surface area contributed by atoms with Crippen LogP contribution in [0.1, 0.15) is 22.4 Å². The quantitative estimate of drug-likeness (QED) is 0.354. The van der Waals surface area contributed by atoms with Crippen molar-refractivity contribution in [2.24, 2.45) is 4.99 Å². The Kier molecular flexibility index (Phi) is 6.09. The lowest BCUT2D eigenvalue weighted by Crippen LogP contribution is -2.07. The van der Waals surface area contributed by atoms with Gasteiger partial charge in [-0.3, -0.25) is 4.99 Å². The molecule has 35 heavy (non-hydrogen) atoms. The van der Waals surface area contributed by atoms with Gasteiger partial charge in [0.15, 0.2) is 11.5 Å². The summed E-state index contributed by atoms with van der Waals surface area (Å²) in [7, 11) is 3.17. The lowest BCUT2D eigenvalue weighted by molar-refractivity contribution is 0.355. The van der Waals surface area contributed by atoms with Crippen LogP contribution in [0.5, 0.6) is 11.5 Å². The third-order valence-corrected chi connectivity index (χ3v) is 6.10. The molecule has 3 aromatic carbocycles. The van der Waals surface area contributed by atoms with Gasteiger partial charge in [0.1, 0.15) is 5.82 Å². The zero-order valence-corrected chi connectivity index (χ0v) is 20.2. The van der Waals surface area contributed by atoms with Crippen molar-refractivity contribution in [3.63, 3.8) is 0 Å². The van der Waals surface area contributed by atoms with Gasteiger partial charge in [-0.25, -0.2) is 14.4 Å². The van der Waals surface area contributed by atoms with Gasteiger partial charge >= 0.3 is 0 Å². The highest BCUT2D eigenvalue weighted by molar-refractivity contribution is 6.31. The molecule has 8 heteroatoms. The van der Waals surface area contributed by atoms with Crippen LogP contribution in [-0.4, -0.2) is 29.9 Å². The molecule has 4 aromatic rings. The number of halogens is 2. The Morgan fingerprint density at radius 2 is 1.69 bits per heavy atom. The predicted octanol–water partition coefficient (Wildman–Crippen LogP) is 6.36. The van der Waals surface area contributed by atoms with E-state index in [0.717, 1.165) is 33.8 Å². The SMILES string of the molecule is COc1ccc(Nc2nc(C)c3c(n2)-c2ccc(Cl)cc2C(c2ccccc2F)=NC3)cc1OC. The van der Waals surface area contributed by atoms with E-state index >= 15 is 0 Å². The number of aromatic nitrogens is 2. The van der Waals surface area contributed by atoms with Crippen molar-refractivity contribution >= 4 is 28.9 Å². The van der Waals surface area contributed by atoms with Crippen molar-refractivity contribution in [1.82, 2.24) is 9.97 Å². The van der Waals surface area contributed by atoms with Gasteiger partial charge in [0, 0.05) is 44.7 Å². The summed E-state index contributed by atoms with van der Waals surface area (Å²) in [5, 5.41) is 3.79. The number of fused-ring (bicyclic) bond motifs is 3. The van der Waals surface area contributed by atoms with E-state index in [-0.39, 0.29) is 5.82 Å². The normalized spacial score (nSPS) is 12.2. The molecule has 0 aliphatic carbocycles. The summed E-state index contributed by atoms with van der Waals surface area (Å²) in [6.45, 7) is 2.23. The number of hydrogen-bond acceptors (Lipinski definition) is 6. The van der Waals surface area contributed by atoms with E-state index in [1.807, 2.05) is 31.2 Å². The van der Waals surface area contributed by atoms with E-state index in [9.17, 15) is 4.39 Å². The summed E-state index contributed by atoms with van der Waals surface area (Å²) in [4.78, 5) is 14.3. The molecule has 0 spiro atoms. The number of nitrogens with zero attached hydrogens (tertiary/aromatic N) is 3. The standard InChI is InChI=1S/C27H22ClFN4O2/c1-15-21-14-30-25(19-6-4-5-7-22(19)29)20-12-16(28)8-10-18(20)26(21)33-27(31-15)32-17-9-11-23(34-2)24(13-17)35-3/h4-13H,14H2,1-3H3,(H,31,32,33). The molecule has 0 radical (unpaired) electrons. The van der Waals surface area contributed by atoms with Gasteiger partial charge < -0.3 is 14.8 Å². The minimum Gasteiger partial charge on any atom is -0.493 e. The third-order valence-electron chi connectivity index (χ3n) is 5.87. The second-order valence-corrected chi connectivity index (χ2v) is 8.43. The molecule has 5 rings (SSSR count). The largest absolute Gasteiger partial charge is 0.493 e. The van der Waals surface area contributed by atoms with Crippen LogP contribution in [0.2, 0.25) is 5.02 Å². The second-order valence-electron chi connectivity index (χ2n) is 7.99. The molecule has 0 amide bonds. The van der Waals surface area contributed by atoms with E-state index in [0.29, 0.717) is 40.3 Å². The molecular weight excluding hydrogens is 467 g/mol. The van der Waals surface area contributed by atoms with Gasteiger partial charge in [-0.05, 0) is 43.3 Å². The monoisotopic (exact) mass is 488 g/mol. The number of rotatable bonds is 5. The maximum Gasteiger partial charge on any atom is 0.228 e. The minimum atomic E-state index is -0.346. The molecule has 0 unspecified atom stereocenters. The molecule has 0 fully saturated rings. The summed E-state index contributed by atoms with van der Waals surface area (Å²) in [6, 6.07) is 17.6. The van der Waals surface area contributed by atoms with Crippen LogP contribution in [0.4, 0.5) is 16.0 Å². The molecule has 176 valence electrons. The Labute approximate surface area is 207 Å². The van der Waals surface area contributed by atoms with Crippen LogP contribution in [0.3, 0.4) is 0 Å². The van der Waals surface area contributed by atoms with Crippen molar-refractivity contribution < 1.29 is 13.9 Å². The average molecular weight is 489 g/mol. The van der Waals surface area contributed by atoms with Gasteiger partial charge in [-0.2, -0.15) is 0 Å². The molecule has 1 aromatic heterocycles. The molecule has 1 aliphatic rings. The topological polar surface area (TPSA) is 68.6 Å². The minimum absolute atomic E-state index is 0.313. The van der Waals surface area contributed by atoms with Crippen molar-refractivity contribution in [2.75, 3.05) is 19.5 Å². The van der Waals surface area contributed by atoms with Gasteiger partial charge in [-0.1, -0.05) is 29.8 Å². The number of hydrogen-bond donors (Lipinski definition) is 1. The Balaban J connectivity index is 1.62. The number of methoxy groups -OCH3 is 2. The molecule has 1 N–H and O–H groups in total. The van der Waals surface area contributed by atoms with E-state index in [1.54, 1.807) is 44.6 Å². The predicted molar refractivity (Wildman–Crippen MR) is 136 cm³/mol. The smallest absolute Gasteiger partial charge is 0.228 e. The highest BCUT2D eigenvalue weighted by atomic mass is 35.5. The Hall–Kier alpha value is -3.97. The Bertz CT molecular complexity index is 1470. The zero-order valence-electron chi connectivity index (χ0n) is 19.4. The Morgan fingerprint density at radius 1 is 0.886 bits per heavy atom. The first kappa shape index (κ1) is 22.8. The highest BCUT2D eigenvalue weighted by Crippen LogP contribution is 2.36. The summed E-state index contributed by atoms with van der Waals surface area (Å²) >= 11 is 6.36. The fraction of sp³-hybridized carbons (Fsp3) is 0.148. The van der Waals surface area contributed by atoms with E-state index in [1.165, 1.54) is 6.07 Å². The first-order valence-corrected chi connectivity index (χ1v) is 11.3. The fourth-order valence-corrected chi connectivity index (χ4v) is 4.32. The van der Waals surface area contributed by atoms with Gasteiger partial charge in [0.05, 0.1) is 32.2 Å². The van der Waals surface area contributed by atoms with Gasteiger partial charge in [0.25, 0.3) is 0 Å². The zero-order chi connectivity index (χ0) is 24.5. The maximum atomic E-state index is 14.8. The van der Waals surface area contributed by atoms with Crippen LogP contribution in [0.25, 0.3) is 11.3 Å². The summed E-state index contributed by atoms with van der Waals surface area (Å²) in [5.41, 5.74) is 5.60. The van der Waals surface area contributed by atoms with Crippen molar-refractivity contribution in [3.05, 3.63) is 93.9 Å². The van der Waals surface area contributed by atoms with Crippen molar-refractivity contribution in [1.29, 1.82) is 0 Å². The summed E-state index contributed by atoms with van der Waals surface area (Å²) < 4.78 is 25.5. The van der Waals surface area contributed by atoms with Gasteiger partial charge in [-0.15, -0.1) is 0 Å². The van der Waals surface area contributed by atoms with Gasteiger partial charge in [0.2, 0.25) is 5.95 Å². The molecule has 6 nitrogen and oxygen atoms in total. The Morgan fingerprint density at radius 3 is 2.46 bits per heavy atom. The highest BCUT2D eigenvalue weighted by Gasteiger charge is 2.24. The molecule has 1 aliphatic heterocycles. The molecule has 0 bridgehead atoms. The van der Waals surface area contributed by atoms with Crippen molar-refractivity contribution in [3.8, 4) is 22.8 Å². The maximum absolute atomic E-state index is 14.8. The molecular formula is C27H22ClFN4O2. The van der Waals surface area contributed by atoms with Crippen LogP contribution in [0, 0.1) is 12.7 Å². The van der Waals surface area contributed by atoms with E-state index in [4.69, 9.17) is 31.1 Å². The van der Waals surface area contributed by atoms with E-state index in [2.05, 4.69) is 10.3 Å². The number of nitrogens with one attached hydrogen (secondary N) is 1. The summed E-state index contributed by atoms with van der Waals surface area (Å²) in [6.07, 6.45) is 0. The van der Waals surface area contributed by atoms with Crippen LogP contribution in [-0.2, 0) is 6.54 Å². The number of benzene rings is 3. The van der Waals surface area contributed by atoms with E-state index < -0.39 is 0 Å². The van der Waals surface area contributed by atoms with Crippen LogP contribution >= 0.6 is 11.6 Å². The first-order chi connectivity index (χ1) is 17.0. The number of ether oxygens (including phenoxy) is 2. The fourth-order valence-electron chi connectivity index (χ4n) is 4.15.